The Morgan fingerprint density at radius 2 is 1.86 bits per heavy atom. The van der Waals surface area contributed by atoms with Crippen molar-refractivity contribution in [1.82, 2.24) is 29.6 Å². The maximum atomic E-state index is 12.7. The van der Waals surface area contributed by atoms with Crippen molar-refractivity contribution < 1.29 is 9.53 Å². The highest BCUT2D eigenvalue weighted by molar-refractivity contribution is 5.94. The van der Waals surface area contributed by atoms with E-state index in [9.17, 15) is 4.79 Å². The molecule has 3 aromatic heterocycles. The number of ether oxygens (including phenoxy) is 1. The minimum absolute atomic E-state index is 0.0882. The minimum Gasteiger partial charge on any atom is -0.487 e. The summed E-state index contributed by atoms with van der Waals surface area (Å²) in [5, 5.41) is 3.03. The Kier molecular flexibility index (Phi) is 7.37. The van der Waals surface area contributed by atoms with E-state index in [2.05, 4.69) is 37.0 Å². The normalized spacial score (nSPS) is 14.2. The fraction of sp³-hybridized carbons (Fsp3) is 0.333. The predicted molar refractivity (Wildman–Crippen MR) is 138 cm³/mol. The second-order valence-corrected chi connectivity index (χ2v) is 9.01. The molecule has 0 bridgehead atoms. The van der Waals surface area contributed by atoms with E-state index < -0.39 is 0 Å². The van der Waals surface area contributed by atoms with Gasteiger partial charge in [0.25, 0.3) is 5.91 Å². The smallest absolute Gasteiger partial charge is 0.251 e. The van der Waals surface area contributed by atoms with E-state index in [4.69, 9.17) is 4.74 Å². The lowest BCUT2D eigenvalue weighted by molar-refractivity contribution is 0.0951. The number of aromatic nitrogens is 4. The van der Waals surface area contributed by atoms with Crippen LogP contribution in [0.4, 0.5) is 5.95 Å². The first kappa shape index (κ1) is 23.7. The van der Waals surface area contributed by atoms with Crippen molar-refractivity contribution in [2.75, 3.05) is 44.2 Å². The lowest BCUT2D eigenvalue weighted by atomic mass is 10.2. The van der Waals surface area contributed by atoms with E-state index >= 15 is 0 Å². The second kappa shape index (κ2) is 11.2. The largest absolute Gasteiger partial charge is 0.487 e. The van der Waals surface area contributed by atoms with Gasteiger partial charge in [-0.25, -0.2) is 15.0 Å². The number of nitrogens with one attached hydrogen (secondary N) is 1. The quantitative estimate of drug-likeness (QED) is 0.365. The van der Waals surface area contributed by atoms with Gasteiger partial charge in [-0.15, -0.1) is 0 Å². The van der Waals surface area contributed by atoms with E-state index in [1.807, 2.05) is 47.1 Å². The van der Waals surface area contributed by atoms with Crippen LogP contribution in [0.3, 0.4) is 0 Å². The maximum Gasteiger partial charge on any atom is 0.251 e. The standard InChI is InChI=1S/C27H31N7O2/c1-21-7-8-25-31-23(19-34(25)18-21)20-36-24-6-2-5-22(17-24)26(35)28-11-4-12-32-13-15-33(16-14-32)27-29-9-3-10-30-27/h2-3,5-10,17-19H,4,11-16,20H2,1H3,(H,28,35). The number of rotatable bonds is 9. The molecule has 186 valence electrons. The van der Waals surface area contributed by atoms with Gasteiger partial charge in [0.2, 0.25) is 5.95 Å². The van der Waals surface area contributed by atoms with Gasteiger partial charge in [0.15, 0.2) is 0 Å². The number of hydrogen-bond acceptors (Lipinski definition) is 7. The zero-order valence-corrected chi connectivity index (χ0v) is 20.5. The molecule has 1 aromatic carbocycles. The molecule has 9 heteroatoms. The van der Waals surface area contributed by atoms with Crippen molar-refractivity contribution >= 4 is 17.5 Å². The molecule has 1 N–H and O–H groups in total. The molecule has 1 fully saturated rings. The van der Waals surface area contributed by atoms with E-state index in [1.54, 1.807) is 24.5 Å². The summed E-state index contributed by atoms with van der Waals surface area (Å²) in [5.74, 6) is 1.36. The van der Waals surface area contributed by atoms with Gasteiger partial charge in [0, 0.05) is 63.1 Å². The van der Waals surface area contributed by atoms with Crippen LogP contribution in [-0.2, 0) is 6.61 Å². The number of hydrogen-bond donors (Lipinski definition) is 1. The molecule has 4 heterocycles. The number of carbonyl (C=O) groups is 1. The van der Waals surface area contributed by atoms with Crippen LogP contribution in [0.1, 0.15) is 28.0 Å². The number of fused-ring (bicyclic) bond motifs is 1. The van der Waals surface area contributed by atoms with Crippen LogP contribution >= 0.6 is 0 Å². The number of piperazine rings is 1. The zero-order chi connectivity index (χ0) is 24.7. The van der Waals surface area contributed by atoms with Crippen LogP contribution in [0.2, 0.25) is 0 Å². The highest BCUT2D eigenvalue weighted by atomic mass is 16.5. The molecule has 0 saturated carbocycles. The molecule has 36 heavy (non-hydrogen) atoms. The van der Waals surface area contributed by atoms with Gasteiger partial charge in [-0.2, -0.15) is 0 Å². The highest BCUT2D eigenvalue weighted by Crippen LogP contribution is 2.16. The number of benzene rings is 1. The molecule has 5 rings (SSSR count). The summed E-state index contributed by atoms with van der Waals surface area (Å²) < 4.78 is 7.91. The third-order valence-corrected chi connectivity index (χ3v) is 6.28. The Hall–Kier alpha value is -3.98. The van der Waals surface area contributed by atoms with Crippen molar-refractivity contribution in [1.29, 1.82) is 0 Å². The van der Waals surface area contributed by atoms with Gasteiger partial charge in [0.1, 0.15) is 18.0 Å². The lowest BCUT2D eigenvalue weighted by Crippen LogP contribution is -2.47. The van der Waals surface area contributed by atoms with Crippen molar-refractivity contribution in [3.8, 4) is 5.75 Å². The van der Waals surface area contributed by atoms with Crippen molar-refractivity contribution in [3.05, 3.63) is 84.1 Å². The first-order valence-corrected chi connectivity index (χ1v) is 12.3. The highest BCUT2D eigenvalue weighted by Gasteiger charge is 2.18. The van der Waals surface area contributed by atoms with E-state index in [1.165, 1.54) is 5.56 Å². The monoisotopic (exact) mass is 485 g/mol. The molecule has 0 radical (unpaired) electrons. The topological polar surface area (TPSA) is 87.9 Å². The SMILES string of the molecule is Cc1ccc2nc(COc3cccc(C(=O)NCCCN4CCN(c5ncccn5)CC4)c3)cn2c1. The Balaban J connectivity index is 1.04. The fourth-order valence-electron chi connectivity index (χ4n) is 4.34. The summed E-state index contributed by atoms with van der Waals surface area (Å²) in [6, 6.07) is 13.1. The molecule has 1 aliphatic rings. The van der Waals surface area contributed by atoms with Gasteiger partial charge in [-0.3, -0.25) is 9.69 Å². The maximum absolute atomic E-state index is 12.7. The average molecular weight is 486 g/mol. The molecule has 1 saturated heterocycles. The average Bonchev–Trinajstić information content (AvgIpc) is 3.33. The van der Waals surface area contributed by atoms with Gasteiger partial charge in [0.05, 0.1) is 5.69 Å². The third-order valence-electron chi connectivity index (χ3n) is 6.28. The van der Waals surface area contributed by atoms with E-state index in [0.29, 0.717) is 24.5 Å². The first-order valence-electron chi connectivity index (χ1n) is 12.3. The van der Waals surface area contributed by atoms with Gasteiger partial charge >= 0.3 is 0 Å². The van der Waals surface area contributed by atoms with Crippen LogP contribution in [-0.4, -0.2) is 69.4 Å². The molecule has 1 amide bonds. The number of carbonyl (C=O) groups excluding carboxylic acids is 1. The fourth-order valence-corrected chi connectivity index (χ4v) is 4.34. The molecule has 0 aliphatic carbocycles. The number of pyridine rings is 1. The number of nitrogens with zero attached hydrogens (tertiary/aromatic N) is 6. The molecule has 9 nitrogen and oxygen atoms in total. The van der Waals surface area contributed by atoms with Crippen LogP contribution < -0.4 is 15.0 Å². The predicted octanol–water partition coefficient (Wildman–Crippen LogP) is 2.95. The molecule has 0 spiro atoms. The van der Waals surface area contributed by atoms with Gasteiger partial charge in [-0.05, 0) is 55.8 Å². The molecule has 4 aromatic rings. The molecule has 1 aliphatic heterocycles. The van der Waals surface area contributed by atoms with Gasteiger partial charge in [-0.1, -0.05) is 12.1 Å². The molecular weight excluding hydrogens is 454 g/mol. The molecule has 0 unspecified atom stereocenters. The summed E-state index contributed by atoms with van der Waals surface area (Å²) >= 11 is 0. The molecule has 0 atom stereocenters. The van der Waals surface area contributed by atoms with Crippen molar-refractivity contribution in [3.63, 3.8) is 0 Å². The Morgan fingerprint density at radius 1 is 1.03 bits per heavy atom. The zero-order valence-electron chi connectivity index (χ0n) is 20.5. The Labute approximate surface area is 210 Å². The number of amides is 1. The Bertz CT molecular complexity index is 1300. The third kappa shape index (κ3) is 5.98. The summed E-state index contributed by atoms with van der Waals surface area (Å²) in [7, 11) is 0. The van der Waals surface area contributed by atoms with E-state index in [0.717, 1.165) is 56.4 Å². The van der Waals surface area contributed by atoms with Crippen molar-refractivity contribution in [2.45, 2.75) is 20.0 Å². The summed E-state index contributed by atoms with van der Waals surface area (Å²) in [6.45, 7) is 7.74. The minimum atomic E-state index is -0.0882. The number of imidazole rings is 1. The summed E-state index contributed by atoms with van der Waals surface area (Å²) in [5.41, 5.74) is 3.49. The Morgan fingerprint density at radius 3 is 2.69 bits per heavy atom. The van der Waals surface area contributed by atoms with E-state index in [-0.39, 0.29) is 5.91 Å². The number of aryl methyl sites for hydroxylation is 1. The van der Waals surface area contributed by atoms with Gasteiger partial charge < -0.3 is 19.4 Å². The second-order valence-electron chi connectivity index (χ2n) is 9.01. The van der Waals surface area contributed by atoms with Crippen LogP contribution in [0, 0.1) is 6.92 Å². The van der Waals surface area contributed by atoms with Crippen LogP contribution in [0.25, 0.3) is 5.65 Å². The summed E-state index contributed by atoms with van der Waals surface area (Å²) in [6.07, 6.45) is 8.46. The number of anilines is 1. The molecular formula is C27H31N7O2. The van der Waals surface area contributed by atoms with Crippen molar-refractivity contribution in [2.24, 2.45) is 0 Å². The van der Waals surface area contributed by atoms with Crippen LogP contribution in [0.15, 0.2) is 67.3 Å². The summed E-state index contributed by atoms with van der Waals surface area (Å²) in [4.78, 5) is 30.5. The lowest BCUT2D eigenvalue weighted by Gasteiger charge is -2.34. The van der Waals surface area contributed by atoms with Crippen LogP contribution in [0.5, 0.6) is 5.75 Å². The first-order chi connectivity index (χ1) is 17.6.